The van der Waals surface area contributed by atoms with Gasteiger partial charge in [-0.15, -0.1) is 0 Å². The van der Waals surface area contributed by atoms with Gasteiger partial charge in [0.25, 0.3) is 0 Å². The Bertz CT molecular complexity index is 487. The minimum atomic E-state index is -0.605. The molecule has 2 atom stereocenters. The summed E-state index contributed by atoms with van der Waals surface area (Å²) >= 11 is 0. The van der Waals surface area contributed by atoms with Crippen LogP contribution in [0.3, 0.4) is 0 Å². The molecule has 1 aromatic rings. The van der Waals surface area contributed by atoms with Gasteiger partial charge in [0.15, 0.2) is 0 Å². The van der Waals surface area contributed by atoms with E-state index >= 15 is 0 Å². The fourth-order valence-corrected chi connectivity index (χ4v) is 3.01. The van der Waals surface area contributed by atoms with Crippen molar-refractivity contribution in [3.8, 4) is 0 Å². The Kier molecular flexibility index (Phi) is 5.76. The summed E-state index contributed by atoms with van der Waals surface area (Å²) in [6, 6.07) is 6.13. The maximum atomic E-state index is 11.3. The fraction of sp³-hybridized carbons (Fsp3) is 0.588. The number of fused-ring (bicyclic) bond motifs is 1. The third kappa shape index (κ3) is 4.05. The SMILES string of the molecule is CNC(CCC(=O)OC)C(O)c1ccc2c(c1)CCCC2. The minimum absolute atomic E-state index is 0.147. The van der Waals surface area contributed by atoms with Crippen LogP contribution in [0.15, 0.2) is 18.2 Å². The van der Waals surface area contributed by atoms with Crippen LogP contribution in [0.1, 0.15) is 48.5 Å². The highest BCUT2D eigenvalue weighted by Crippen LogP contribution is 2.27. The summed E-state index contributed by atoms with van der Waals surface area (Å²) in [5.74, 6) is -0.243. The number of hydrogen-bond acceptors (Lipinski definition) is 4. The van der Waals surface area contributed by atoms with Crippen molar-refractivity contribution in [2.75, 3.05) is 14.2 Å². The third-order valence-electron chi connectivity index (χ3n) is 4.35. The first kappa shape index (κ1) is 16.0. The molecule has 2 unspecified atom stereocenters. The van der Waals surface area contributed by atoms with Gasteiger partial charge in [-0.25, -0.2) is 0 Å². The lowest BCUT2D eigenvalue weighted by Gasteiger charge is -2.24. The number of carbonyl (C=O) groups is 1. The topological polar surface area (TPSA) is 58.6 Å². The standard InChI is InChI=1S/C17H25NO3/c1-18-15(9-10-16(19)21-2)17(20)14-8-7-12-5-3-4-6-13(12)11-14/h7-8,11,15,17-18,20H,3-6,9-10H2,1-2H3. The first-order valence-electron chi connectivity index (χ1n) is 7.69. The molecule has 1 aliphatic rings. The summed E-state index contributed by atoms with van der Waals surface area (Å²) in [6.45, 7) is 0. The van der Waals surface area contributed by atoms with Gasteiger partial charge in [-0.05, 0) is 55.8 Å². The average Bonchev–Trinajstić information content (AvgIpc) is 2.54. The first-order valence-corrected chi connectivity index (χ1v) is 7.69. The van der Waals surface area contributed by atoms with Crippen LogP contribution in [0.5, 0.6) is 0 Å². The highest BCUT2D eigenvalue weighted by molar-refractivity contribution is 5.69. The molecule has 0 spiro atoms. The molecule has 4 nitrogen and oxygen atoms in total. The van der Waals surface area contributed by atoms with Crippen LogP contribution in [0.2, 0.25) is 0 Å². The van der Waals surface area contributed by atoms with Gasteiger partial charge in [-0.3, -0.25) is 4.79 Å². The molecule has 4 heteroatoms. The maximum absolute atomic E-state index is 11.3. The zero-order valence-corrected chi connectivity index (χ0v) is 12.9. The first-order chi connectivity index (χ1) is 10.2. The Morgan fingerprint density at radius 1 is 1.33 bits per heavy atom. The van der Waals surface area contributed by atoms with Gasteiger partial charge in [0.05, 0.1) is 13.2 Å². The van der Waals surface area contributed by atoms with Crippen molar-refractivity contribution in [2.45, 2.75) is 50.7 Å². The normalized spacial score (nSPS) is 16.9. The van der Waals surface area contributed by atoms with Crippen LogP contribution in [0.25, 0.3) is 0 Å². The van der Waals surface area contributed by atoms with Gasteiger partial charge in [-0.2, -0.15) is 0 Å². The Hall–Kier alpha value is -1.39. The molecule has 0 amide bonds. The van der Waals surface area contributed by atoms with Crippen molar-refractivity contribution in [3.05, 3.63) is 34.9 Å². The molecular formula is C17H25NO3. The number of aliphatic hydroxyl groups excluding tert-OH is 1. The number of nitrogens with one attached hydrogen (secondary N) is 1. The Balaban J connectivity index is 2.06. The predicted octanol–water partition coefficient (Wildman–Crippen LogP) is 2.14. The lowest BCUT2D eigenvalue weighted by molar-refractivity contribution is -0.140. The summed E-state index contributed by atoms with van der Waals surface area (Å²) in [5.41, 5.74) is 3.70. The molecule has 0 bridgehead atoms. The molecule has 2 rings (SSSR count). The van der Waals surface area contributed by atoms with E-state index in [1.54, 1.807) is 0 Å². The number of hydrogen-bond donors (Lipinski definition) is 2. The van der Waals surface area contributed by atoms with E-state index in [1.165, 1.54) is 31.1 Å². The second-order valence-corrected chi connectivity index (χ2v) is 5.69. The van der Waals surface area contributed by atoms with Crippen molar-refractivity contribution < 1.29 is 14.6 Å². The van der Waals surface area contributed by atoms with E-state index < -0.39 is 6.10 Å². The van der Waals surface area contributed by atoms with Crippen molar-refractivity contribution >= 4 is 5.97 Å². The predicted molar refractivity (Wildman–Crippen MR) is 82.1 cm³/mol. The molecular weight excluding hydrogens is 266 g/mol. The number of aliphatic hydroxyl groups is 1. The van der Waals surface area contributed by atoms with Gasteiger partial charge in [0.2, 0.25) is 0 Å². The fourth-order valence-electron chi connectivity index (χ4n) is 3.01. The monoisotopic (exact) mass is 291 g/mol. The largest absolute Gasteiger partial charge is 0.469 e. The van der Waals surface area contributed by atoms with Crippen LogP contribution in [0, 0.1) is 0 Å². The van der Waals surface area contributed by atoms with E-state index in [9.17, 15) is 9.90 Å². The maximum Gasteiger partial charge on any atom is 0.305 e. The lowest BCUT2D eigenvalue weighted by Crippen LogP contribution is -2.33. The van der Waals surface area contributed by atoms with Gasteiger partial charge in [0.1, 0.15) is 0 Å². The van der Waals surface area contributed by atoms with Crippen LogP contribution >= 0.6 is 0 Å². The molecule has 0 saturated carbocycles. The number of methoxy groups -OCH3 is 1. The number of rotatable bonds is 6. The molecule has 0 aromatic heterocycles. The quantitative estimate of drug-likeness (QED) is 0.788. The summed E-state index contributed by atoms with van der Waals surface area (Å²) in [4.78, 5) is 11.3. The summed E-state index contributed by atoms with van der Waals surface area (Å²) in [6.07, 6.45) is 4.99. The molecule has 2 N–H and O–H groups in total. The van der Waals surface area contributed by atoms with Crippen molar-refractivity contribution in [2.24, 2.45) is 0 Å². The molecule has 1 aromatic carbocycles. The number of carbonyl (C=O) groups excluding carboxylic acids is 1. The van der Waals surface area contributed by atoms with Crippen LogP contribution in [-0.2, 0) is 22.4 Å². The van der Waals surface area contributed by atoms with Crippen LogP contribution in [0.4, 0.5) is 0 Å². The zero-order valence-electron chi connectivity index (χ0n) is 12.9. The molecule has 21 heavy (non-hydrogen) atoms. The van der Waals surface area contributed by atoms with Gasteiger partial charge < -0.3 is 15.2 Å². The molecule has 0 saturated heterocycles. The lowest BCUT2D eigenvalue weighted by atomic mass is 9.88. The Morgan fingerprint density at radius 3 is 2.71 bits per heavy atom. The average molecular weight is 291 g/mol. The van der Waals surface area contributed by atoms with Crippen molar-refractivity contribution in [3.63, 3.8) is 0 Å². The van der Waals surface area contributed by atoms with E-state index in [1.807, 2.05) is 13.1 Å². The van der Waals surface area contributed by atoms with E-state index in [0.717, 1.165) is 18.4 Å². The molecule has 0 heterocycles. The smallest absolute Gasteiger partial charge is 0.305 e. The molecule has 0 radical (unpaired) electrons. The second-order valence-electron chi connectivity index (χ2n) is 5.69. The summed E-state index contributed by atoms with van der Waals surface area (Å²) in [7, 11) is 3.19. The van der Waals surface area contributed by atoms with E-state index in [0.29, 0.717) is 12.8 Å². The minimum Gasteiger partial charge on any atom is -0.469 e. The van der Waals surface area contributed by atoms with Crippen LogP contribution in [-0.4, -0.2) is 31.3 Å². The van der Waals surface area contributed by atoms with Gasteiger partial charge in [0, 0.05) is 12.5 Å². The highest BCUT2D eigenvalue weighted by atomic mass is 16.5. The Morgan fingerprint density at radius 2 is 2.05 bits per heavy atom. The van der Waals surface area contributed by atoms with Crippen molar-refractivity contribution in [1.82, 2.24) is 5.32 Å². The number of ether oxygens (including phenoxy) is 1. The number of aryl methyl sites for hydroxylation is 2. The zero-order chi connectivity index (χ0) is 15.2. The second kappa shape index (κ2) is 7.57. The van der Waals surface area contributed by atoms with Crippen molar-refractivity contribution in [1.29, 1.82) is 0 Å². The molecule has 0 aliphatic heterocycles. The third-order valence-corrected chi connectivity index (χ3v) is 4.35. The summed E-state index contributed by atoms with van der Waals surface area (Å²) < 4.78 is 4.66. The Labute approximate surface area is 126 Å². The molecule has 1 aliphatic carbocycles. The van der Waals surface area contributed by atoms with E-state index in [-0.39, 0.29) is 12.0 Å². The molecule has 116 valence electrons. The summed E-state index contributed by atoms with van der Waals surface area (Å²) in [5, 5.41) is 13.7. The van der Waals surface area contributed by atoms with E-state index in [4.69, 9.17) is 0 Å². The van der Waals surface area contributed by atoms with E-state index in [2.05, 4.69) is 22.2 Å². The number of likely N-dealkylation sites (N-methyl/N-ethyl adjacent to an activating group) is 1. The molecule has 0 fully saturated rings. The van der Waals surface area contributed by atoms with Gasteiger partial charge in [-0.1, -0.05) is 18.2 Å². The number of esters is 1. The number of benzene rings is 1. The van der Waals surface area contributed by atoms with Gasteiger partial charge >= 0.3 is 5.97 Å². The van der Waals surface area contributed by atoms with Crippen LogP contribution < -0.4 is 5.32 Å². The highest BCUT2D eigenvalue weighted by Gasteiger charge is 2.21.